The maximum atomic E-state index is 11.8. The average molecular weight is 305 g/mol. The number of rotatable bonds is 7. The lowest BCUT2D eigenvalue weighted by Crippen LogP contribution is -2.50. The normalized spacial score (nSPS) is 18.4. The fourth-order valence-electron chi connectivity index (χ4n) is 2.43. The molecule has 0 spiro atoms. The third kappa shape index (κ3) is 5.38. The van der Waals surface area contributed by atoms with E-state index in [4.69, 9.17) is 0 Å². The van der Waals surface area contributed by atoms with E-state index in [1.165, 1.54) is 10.6 Å². The molecule has 0 aromatic carbocycles. The first-order valence-corrected chi connectivity index (χ1v) is 9.18. The molecule has 1 N–H and O–H groups in total. The monoisotopic (exact) mass is 305 g/mol. The molecule has 1 rings (SSSR count). The topological polar surface area (TPSA) is 69.7 Å². The molecule has 6 nitrogen and oxygen atoms in total. The first kappa shape index (κ1) is 17.4. The van der Waals surface area contributed by atoms with Gasteiger partial charge in [0.2, 0.25) is 15.9 Å². The molecule has 7 heteroatoms. The van der Waals surface area contributed by atoms with E-state index >= 15 is 0 Å². The fourth-order valence-corrected chi connectivity index (χ4v) is 3.25. The van der Waals surface area contributed by atoms with Crippen LogP contribution in [0.5, 0.6) is 0 Å². The Bertz CT molecular complexity index is 399. The maximum absolute atomic E-state index is 11.8. The van der Waals surface area contributed by atoms with Crippen LogP contribution in [0.15, 0.2) is 0 Å². The number of sulfonamides is 1. The number of carbonyl (C=O) groups excluding carboxylic acids is 1. The van der Waals surface area contributed by atoms with Crippen molar-refractivity contribution >= 4 is 15.9 Å². The van der Waals surface area contributed by atoms with Crippen LogP contribution in [0.1, 0.15) is 26.7 Å². The lowest BCUT2D eigenvalue weighted by atomic mass is 10.0. The van der Waals surface area contributed by atoms with Gasteiger partial charge in [-0.3, -0.25) is 9.69 Å². The number of nitrogens with one attached hydrogen (secondary N) is 1. The lowest BCUT2D eigenvalue weighted by Gasteiger charge is -2.33. The molecule has 0 unspecified atom stereocenters. The van der Waals surface area contributed by atoms with Crippen LogP contribution in [-0.2, 0) is 14.8 Å². The second-order valence-corrected chi connectivity index (χ2v) is 7.29. The van der Waals surface area contributed by atoms with E-state index in [0.717, 1.165) is 32.5 Å². The molecule has 0 saturated carbocycles. The number of piperazine rings is 1. The molecule has 0 radical (unpaired) electrons. The van der Waals surface area contributed by atoms with E-state index < -0.39 is 10.0 Å². The van der Waals surface area contributed by atoms with Gasteiger partial charge >= 0.3 is 0 Å². The molecule has 20 heavy (non-hydrogen) atoms. The molecule has 0 aromatic heterocycles. The first-order chi connectivity index (χ1) is 9.38. The number of hydrogen-bond donors (Lipinski definition) is 1. The van der Waals surface area contributed by atoms with Gasteiger partial charge in [-0.15, -0.1) is 0 Å². The SMILES string of the molecule is CCC(CC)C(=O)NCCN1CCN(S(C)(=O)=O)CC1. The van der Waals surface area contributed by atoms with E-state index in [2.05, 4.69) is 10.2 Å². The van der Waals surface area contributed by atoms with Gasteiger partial charge in [-0.05, 0) is 12.8 Å². The number of amides is 1. The summed E-state index contributed by atoms with van der Waals surface area (Å²) < 4.78 is 24.3. The van der Waals surface area contributed by atoms with Crippen LogP contribution in [0.3, 0.4) is 0 Å². The molecule has 118 valence electrons. The molecule has 0 bridgehead atoms. The quantitative estimate of drug-likeness (QED) is 0.725. The number of carbonyl (C=O) groups is 1. The van der Waals surface area contributed by atoms with Gasteiger partial charge in [-0.1, -0.05) is 13.8 Å². The van der Waals surface area contributed by atoms with Crippen LogP contribution in [0, 0.1) is 5.92 Å². The summed E-state index contributed by atoms with van der Waals surface area (Å²) in [6, 6.07) is 0. The van der Waals surface area contributed by atoms with Crippen molar-refractivity contribution in [2.24, 2.45) is 5.92 Å². The highest BCUT2D eigenvalue weighted by atomic mass is 32.2. The van der Waals surface area contributed by atoms with Gasteiger partial charge in [0, 0.05) is 45.2 Å². The smallest absolute Gasteiger partial charge is 0.223 e. The molecule has 1 aliphatic rings. The zero-order valence-electron chi connectivity index (χ0n) is 12.8. The van der Waals surface area contributed by atoms with E-state index in [9.17, 15) is 13.2 Å². The van der Waals surface area contributed by atoms with Crippen LogP contribution in [-0.4, -0.2) is 69.1 Å². The Hall–Kier alpha value is -0.660. The van der Waals surface area contributed by atoms with Crippen LogP contribution in [0.25, 0.3) is 0 Å². The van der Waals surface area contributed by atoms with Crippen molar-refractivity contribution in [3.8, 4) is 0 Å². The highest BCUT2D eigenvalue weighted by molar-refractivity contribution is 7.88. The summed E-state index contributed by atoms with van der Waals surface area (Å²) in [4.78, 5) is 14.0. The van der Waals surface area contributed by atoms with Gasteiger partial charge in [-0.25, -0.2) is 8.42 Å². The predicted octanol–water partition coefficient (Wildman–Crippen LogP) is 0.116. The van der Waals surface area contributed by atoms with E-state index in [1.807, 2.05) is 13.8 Å². The summed E-state index contributed by atoms with van der Waals surface area (Å²) >= 11 is 0. The fraction of sp³-hybridized carbons (Fsp3) is 0.923. The van der Waals surface area contributed by atoms with E-state index in [1.54, 1.807) is 0 Å². The number of nitrogens with zero attached hydrogens (tertiary/aromatic N) is 2. The molecule has 0 aliphatic carbocycles. The van der Waals surface area contributed by atoms with Crippen molar-refractivity contribution < 1.29 is 13.2 Å². The highest BCUT2D eigenvalue weighted by Crippen LogP contribution is 2.07. The lowest BCUT2D eigenvalue weighted by molar-refractivity contribution is -0.125. The summed E-state index contributed by atoms with van der Waals surface area (Å²) in [5.74, 6) is 0.238. The third-order valence-electron chi connectivity index (χ3n) is 3.88. The summed E-state index contributed by atoms with van der Waals surface area (Å²) in [6.45, 7) is 8.01. The molecule has 0 atom stereocenters. The molecular formula is C13H27N3O3S. The van der Waals surface area contributed by atoms with Crippen LogP contribution >= 0.6 is 0 Å². The van der Waals surface area contributed by atoms with E-state index in [0.29, 0.717) is 19.6 Å². The third-order valence-corrected chi connectivity index (χ3v) is 5.19. The van der Waals surface area contributed by atoms with Crippen molar-refractivity contribution in [3.63, 3.8) is 0 Å². The molecule has 1 aliphatic heterocycles. The minimum atomic E-state index is -3.06. The van der Waals surface area contributed by atoms with Crippen molar-refractivity contribution in [2.45, 2.75) is 26.7 Å². The van der Waals surface area contributed by atoms with Crippen molar-refractivity contribution in [1.29, 1.82) is 0 Å². The van der Waals surface area contributed by atoms with Crippen molar-refractivity contribution in [3.05, 3.63) is 0 Å². The van der Waals surface area contributed by atoms with Crippen LogP contribution in [0.2, 0.25) is 0 Å². The predicted molar refractivity (Wildman–Crippen MR) is 79.9 cm³/mol. The molecular weight excluding hydrogens is 278 g/mol. The standard InChI is InChI=1S/C13H27N3O3S/c1-4-12(5-2)13(17)14-6-7-15-8-10-16(11-9-15)20(3,18)19/h12H,4-11H2,1-3H3,(H,14,17). The Morgan fingerprint density at radius 2 is 1.70 bits per heavy atom. The van der Waals surface area contributed by atoms with Gasteiger partial charge in [0.25, 0.3) is 0 Å². The van der Waals surface area contributed by atoms with Crippen molar-refractivity contribution in [1.82, 2.24) is 14.5 Å². The van der Waals surface area contributed by atoms with Crippen LogP contribution < -0.4 is 5.32 Å². The highest BCUT2D eigenvalue weighted by Gasteiger charge is 2.23. The summed E-state index contributed by atoms with van der Waals surface area (Å²) in [5.41, 5.74) is 0. The minimum absolute atomic E-state index is 0.108. The van der Waals surface area contributed by atoms with Gasteiger partial charge in [0.15, 0.2) is 0 Å². The Morgan fingerprint density at radius 3 is 2.15 bits per heavy atom. The Balaban J connectivity index is 2.24. The number of hydrogen-bond acceptors (Lipinski definition) is 4. The maximum Gasteiger partial charge on any atom is 0.223 e. The Kier molecular flexibility index (Phi) is 6.91. The summed E-state index contributed by atoms with van der Waals surface area (Å²) in [7, 11) is -3.06. The van der Waals surface area contributed by atoms with Crippen LogP contribution in [0.4, 0.5) is 0 Å². The zero-order valence-corrected chi connectivity index (χ0v) is 13.6. The van der Waals surface area contributed by atoms with Gasteiger partial charge in [0.05, 0.1) is 6.26 Å². The van der Waals surface area contributed by atoms with Gasteiger partial charge < -0.3 is 5.32 Å². The second-order valence-electron chi connectivity index (χ2n) is 5.31. The van der Waals surface area contributed by atoms with E-state index in [-0.39, 0.29) is 11.8 Å². The molecule has 0 aromatic rings. The second kappa shape index (κ2) is 7.95. The molecule has 1 saturated heterocycles. The molecule has 1 amide bonds. The molecule has 1 heterocycles. The summed E-state index contributed by atoms with van der Waals surface area (Å²) in [5, 5.41) is 2.96. The average Bonchev–Trinajstić information content (AvgIpc) is 2.39. The van der Waals surface area contributed by atoms with Gasteiger partial charge in [0.1, 0.15) is 0 Å². The molecule has 1 fully saturated rings. The largest absolute Gasteiger partial charge is 0.355 e. The Morgan fingerprint density at radius 1 is 1.15 bits per heavy atom. The Labute approximate surface area is 122 Å². The zero-order chi connectivity index (χ0) is 15.2. The first-order valence-electron chi connectivity index (χ1n) is 7.33. The summed E-state index contributed by atoms with van der Waals surface area (Å²) in [6.07, 6.45) is 2.99. The van der Waals surface area contributed by atoms with Gasteiger partial charge in [-0.2, -0.15) is 4.31 Å². The van der Waals surface area contributed by atoms with Crippen molar-refractivity contribution in [2.75, 3.05) is 45.5 Å². The minimum Gasteiger partial charge on any atom is -0.355 e.